The Labute approximate surface area is 381 Å². The molecule has 0 radical (unpaired) electrons. The molecule has 17 heteroatoms. The minimum atomic E-state index is -0.361. The van der Waals surface area contributed by atoms with Crippen LogP contribution in [0.4, 0.5) is 0 Å². The van der Waals surface area contributed by atoms with Crippen molar-refractivity contribution in [3.63, 3.8) is 0 Å². The van der Waals surface area contributed by atoms with E-state index in [-0.39, 0.29) is 36.9 Å². The van der Waals surface area contributed by atoms with Crippen molar-refractivity contribution in [2.24, 2.45) is 16.8 Å². The van der Waals surface area contributed by atoms with Gasteiger partial charge in [0.1, 0.15) is 0 Å². The van der Waals surface area contributed by atoms with Crippen LogP contribution in [0.2, 0.25) is 0 Å². The van der Waals surface area contributed by atoms with Crippen LogP contribution in [0.15, 0.2) is 127 Å². The molecule has 0 aliphatic heterocycles. The lowest BCUT2D eigenvalue weighted by Gasteiger charge is -2.02. The normalized spacial score (nSPS) is 10.7. The van der Waals surface area contributed by atoms with Gasteiger partial charge in [0.15, 0.2) is 5.78 Å². The zero-order valence-electron chi connectivity index (χ0n) is 31.0. The van der Waals surface area contributed by atoms with Gasteiger partial charge in [0.25, 0.3) is 0 Å². The molecule has 8 aromatic rings. The Hall–Kier alpha value is -3.77. The number of fused-ring (bicyclic) bond motifs is 4. The average molecular weight is 1090 g/mol. The Morgan fingerprint density at radius 3 is 1.52 bits per heavy atom. The number of aromatic nitrogens is 4. The highest BCUT2D eigenvalue weighted by molar-refractivity contribution is 9.11. The zero-order valence-corrected chi connectivity index (χ0v) is 38.9. The number of rotatable bonds is 3. The number of oxime groups is 1. The summed E-state index contributed by atoms with van der Waals surface area (Å²) in [5.41, 5.74) is 13.6. The summed E-state index contributed by atoms with van der Waals surface area (Å²) in [7, 11) is 0. The van der Waals surface area contributed by atoms with Gasteiger partial charge in [-0.3, -0.25) is 9.59 Å². The quantitative estimate of drug-likeness (QED) is 0.0284. The Morgan fingerprint density at radius 2 is 1.05 bits per heavy atom. The fourth-order valence-corrected chi connectivity index (χ4v) is 6.81. The van der Waals surface area contributed by atoms with E-state index in [1.54, 1.807) is 20.0 Å². The lowest BCUT2D eigenvalue weighted by Crippen LogP contribution is -2.03. The molecule has 0 fully saturated rings. The Bertz CT molecular complexity index is 2560. The van der Waals surface area contributed by atoms with Gasteiger partial charge in [0, 0.05) is 110 Å². The number of hydrogen-bond acceptors (Lipinski definition) is 7. The van der Waals surface area contributed by atoms with Crippen molar-refractivity contribution in [3.8, 4) is 0 Å². The average Bonchev–Trinajstić information content (AvgIpc) is 3.98. The molecule has 4 aromatic heterocycles. The SMILES string of the molecule is Brc1ccc2[nH]ccc2c1.C.C/C(=N\O)c1c[nH]c2ccc(Br)cc12.CC(=O)Cl.CC(=O)c1c[nH]c2ccc(Br)cc12.CC(N)c1c[nH]c2ccc(Br)cc12.Cl.NO. The predicted molar refractivity (Wildman–Crippen MR) is 257 cm³/mol. The van der Waals surface area contributed by atoms with Crippen LogP contribution < -0.4 is 11.6 Å². The van der Waals surface area contributed by atoms with Crippen molar-refractivity contribution in [2.45, 2.75) is 41.2 Å². The summed E-state index contributed by atoms with van der Waals surface area (Å²) in [5, 5.41) is 22.5. The Kier molecular flexibility index (Phi) is 23.1. The number of H-pyrrole nitrogens is 4. The molecule has 0 saturated heterocycles. The van der Waals surface area contributed by atoms with Crippen molar-refractivity contribution in [2.75, 3.05) is 0 Å². The number of nitrogens with one attached hydrogen (secondary N) is 4. The van der Waals surface area contributed by atoms with Gasteiger partial charge in [0.2, 0.25) is 5.24 Å². The Morgan fingerprint density at radius 1 is 0.655 bits per heavy atom. The first kappa shape index (κ1) is 52.2. The lowest BCUT2D eigenvalue weighted by atomic mass is 10.1. The number of Topliss-reactive ketones (excluding diaryl/α,β-unsaturated/α-hetero) is 1. The van der Waals surface area contributed by atoms with E-state index in [9.17, 15) is 9.59 Å². The summed E-state index contributed by atoms with van der Waals surface area (Å²) in [6.45, 7) is 6.62. The minimum absolute atomic E-state index is 0. The molecular formula is C41H45Br4Cl2N7O4. The van der Waals surface area contributed by atoms with Crippen molar-refractivity contribution in [1.82, 2.24) is 19.9 Å². The largest absolute Gasteiger partial charge is 0.411 e. The van der Waals surface area contributed by atoms with E-state index in [1.165, 1.54) is 23.2 Å². The highest BCUT2D eigenvalue weighted by atomic mass is 79.9. The van der Waals surface area contributed by atoms with Gasteiger partial charge in [0.05, 0.1) is 5.71 Å². The van der Waals surface area contributed by atoms with Crippen LogP contribution in [0.5, 0.6) is 0 Å². The van der Waals surface area contributed by atoms with Crippen LogP contribution in [0.3, 0.4) is 0 Å². The van der Waals surface area contributed by atoms with E-state index in [0.717, 1.165) is 61.9 Å². The maximum atomic E-state index is 11.2. The van der Waals surface area contributed by atoms with E-state index in [2.05, 4.69) is 131 Å². The van der Waals surface area contributed by atoms with Crippen LogP contribution in [0, 0.1) is 0 Å². The van der Waals surface area contributed by atoms with E-state index in [0.29, 0.717) is 5.71 Å². The molecule has 0 bridgehead atoms. The highest BCUT2D eigenvalue weighted by Crippen LogP contribution is 2.26. The van der Waals surface area contributed by atoms with Gasteiger partial charge in [-0.15, -0.1) is 12.4 Å². The maximum absolute atomic E-state index is 11.2. The van der Waals surface area contributed by atoms with Crippen molar-refractivity contribution in [3.05, 3.63) is 138 Å². The van der Waals surface area contributed by atoms with E-state index >= 15 is 0 Å². The van der Waals surface area contributed by atoms with Crippen LogP contribution in [-0.4, -0.2) is 47.1 Å². The van der Waals surface area contributed by atoms with Gasteiger partial charge >= 0.3 is 0 Å². The number of nitrogens with two attached hydrogens (primary N) is 2. The molecule has 10 N–H and O–H groups in total. The number of nitrogens with zero attached hydrogens (tertiary/aromatic N) is 1. The van der Waals surface area contributed by atoms with Crippen LogP contribution in [-0.2, 0) is 4.79 Å². The van der Waals surface area contributed by atoms with Crippen LogP contribution in [0.1, 0.15) is 62.6 Å². The number of aromatic amines is 4. The topological polar surface area (TPSA) is 202 Å². The van der Waals surface area contributed by atoms with Gasteiger partial charge in [-0.05, 0) is 117 Å². The molecule has 0 saturated carbocycles. The summed E-state index contributed by atoms with van der Waals surface area (Å²) < 4.78 is 4.21. The number of hydrogen-bond donors (Lipinski definition) is 8. The molecule has 1 atom stereocenters. The van der Waals surface area contributed by atoms with Crippen molar-refractivity contribution in [1.29, 1.82) is 0 Å². The second-order valence-electron chi connectivity index (χ2n) is 11.9. The highest BCUT2D eigenvalue weighted by Gasteiger charge is 2.09. The second kappa shape index (κ2) is 25.7. The summed E-state index contributed by atoms with van der Waals surface area (Å²) >= 11 is 18.3. The van der Waals surface area contributed by atoms with Gasteiger partial charge in [-0.2, -0.15) is 0 Å². The molecule has 310 valence electrons. The lowest BCUT2D eigenvalue weighted by molar-refractivity contribution is -0.109. The van der Waals surface area contributed by atoms with Crippen LogP contribution >= 0.6 is 87.7 Å². The second-order valence-corrected chi connectivity index (χ2v) is 16.1. The molecule has 1 unspecified atom stereocenters. The molecule has 0 spiro atoms. The van der Waals surface area contributed by atoms with Gasteiger partial charge < -0.3 is 36.1 Å². The standard InChI is InChI=1S/C10H9BrN2O.C10H11BrN2.C10H8BrNO.C8H6BrN.C2H3ClO.CH4.ClH.H3NO/c1-6(13-14)9-5-12-10-3-2-7(11)4-8(9)10;1-6(12)9-5-13-10-3-2-7(11)4-8(9)10;1-6(13)9-5-12-10-3-2-7(11)4-8(9)10;9-7-1-2-8-6(5-7)3-4-10-8;1-2(3)4;;;1-2/h2-5,12,14H,1H3;2-6,13H,12H2,1H3;2-5,12H,1H3;1-5,10H;1H3;1H4;1H;2H,1H2/b13-6+;;;;;;;. The van der Waals surface area contributed by atoms with E-state index < -0.39 is 0 Å². The summed E-state index contributed by atoms with van der Waals surface area (Å²) in [4.78, 5) is 32.9. The Balaban J connectivity index is 0.000000367. The zero-order chi connectivity index (χ0) is 41.5. The molecule has 4 aromatic carbocycles. The molecular weight excluding hydrogens is 1050 g/mol. The number of halogens is 6. The molecule has 0 aliphatic rings. The fourth-order valence-electron chi connectivity index (χ4n) is 5.35. The summed E-state index contributed by atoms with van der Waals surface area (Å²) in [6.07, 6.45) is 7.50. The van der Waals surface area contributed by atoms with E-state index in [1.807, 2.05) is 80.1 Å². The number of ketones is 1. The van der Waals surface area contributed by atoms with Gasteiger partial charge in [-0.25, -0.2) is 5.90 Å². The third-order valence-corrected chi connectivity index (χ3v) is 9.86. The summed E-state index contributed by atoms with van der Waals surface area (Å²) in [6, 6.07) is 26.2. The molecule has 58 heavy (non-hydrogen) atoms. The predicted octanol–water partition coefficient (Wildman–Crippen LogP) is 13.3. The molecule has 11 nitrogen and oxygen atoms in total. The first-order valence-corrected chi connectivity index (χ1v) is 20.1. The number of carbonyl (C=O) groups excluding carboxylic acids is 2. The third-order valence-electron chi connectivity index (χ3n) is 7.89. The third kappa shape index (κ3) is 15.1. The fraction of sp³-hybridized carbons (Fsp3) is 0.146. The van der Waals surface area contributed by atoms with Crippen LogP contribution in [0.25, 0.3) is 43.6 Å². The summed E-state index contributed by atoms with van der Waals surface area (Å²) in [5.74, 6) is 3.59. The molecule has 8 rings (SSSR count). The van der Waals surface area contributed by atoms with Crippen molar-refractivity contribution >= 4 is 148 Å². The monoisotopic (exact) mass is 1080 g/mol. The van der Waals surface area contributed by atoms with Gasteiger partial charge in [-0.1, -0.05) is 76.3 Å². The minimum Gasteiger partial charge on any atom is -0.411 e. The number of carbonyl (C=O) groups is 2. The molecule has 0 aliphatic carbocycles. The molecule has 4 heterocycles. The smallest absolute Gasteiger partial charge is 0.218 e. The first-order chi connectivity index (χ1) is 26.7. The first-order valence-electron chi connectivity index (χ1n) is 16.6. The van der Waals surface area contributed by atoms with Crippen molar-refractivity contribution < 1.29 is 20.0 Å². The van der Waals surface area contributed by atoms with E-state index in [4.69, 9.17) is 16.1 Å². The molecule has 0 amide bonds. The number of benzene rings is 4. The maximum Gasteiger partial charge on any atom is 0.218 e.